The number of ether oxygens (including phenoxy) is 1. The van der Waals surface area contributed by atoms with E-state index in [1.165, 1.54) is 32.2 Å². The zero-order chi connectivity index (χ0) is 17.4. The van der Waals surface area contributed by atoms with E-state index in [9.17, 15) is 4.79 Å². The van der Waals surface area contributed by atoms with Crippen molar-refractivity contribution in [3.05, 3.63) is 29.3 Å². The lowest BCUT2D eigenvalue weighted by Gasteiger charge is -2.35. The van der Waals surface area contributed by atoms with Gasteiger partial charge in [-0.1, -0.05) is 31.0 Å². The molecule has 4 nitrogen and oxygen atoms in total. The molecule has 0 aromatic heterocycles. The second-order valence-electron chi connectivity index (χ2n) is 6.46. The standard InChI is InChI=1S/C19H29ClN2O2/c1-3-17-9-4-5-12-22(17)13-7-11-21-19(23)15(2)24-18-10-6-8-16(20)14-18/h6,8,10,14-15,17H,3-5,7,9,11-13H2,1-2H3,(H,21,23). The first kappa shape index (κ1) is 19.1. The number of piperidine rings is 1. The Balaban J connectivity index is 1.67. The van der Waals surface area contributed by atoms with E-state index in [-0.39, 0.29) is 5.91 Å². The van der Waals surface area contributed by atoms with Gasteiger partial charge in [0.15, 0.2) is 6.10 Å². The van der Waals surface area contributed by atoms with Crippen LogP contribution in [0.2, 0.25) is 5.02 Å². The van der Waals surface area contributed by atoms with E-state index in [1.807, 2.05) is 6.07 Å². The van der Waals surface area contributed by atoms with Gasteiger partial charge in [-0.2, -0.15) is 0 Å². The van der Waals surface area contributed by atoms with Crippen molar-refractivity contribution in [2.75, 3.05) is 19.6 Å². The van der Waals surface area contributed by atoms with Crippen LogP contribution in [-0.4, -0.2) is 42.6 Å². The molecule has 0 aliphatic carbocycles. The van der Waals surface area contributed by atoms with Crippen LogP contribution in [0.1, 0.15) is 46.0 Å². The van der Waals surface area contributed by atoms with Crippen molar-refractivity contribution < 1.29 is 9.53 Å². The molecule has 1 aromatic carbocycles. The molecule has 0 spiro atoms. The van der Waals surface area contributed by atoms with Gasteiger partial charge in [0, 0.05) is 24.2 Å². The second kappa shape index (κ2) is 9.90. The molecule has 134 valence electrons. The highest BCUT2D eigenvalue weighted by Crippen LogP contribution is 2.19. The zero-order valence-corrected chi connectivity index (χ0v) is 15.5. The van der Waals surface area contributed by atoms with E-state index in [1.54, 1.807) is 25.1 Å². The van der Waals surface area contributed by atoms with Crippen molar-refractivity contribution in [2.45, 2.75) is 58.1 Å². The highest BCUT2D eigenvalue weighted by molar-refractivity contribution is 6.30. The van der Waals surface area contributed by atoms with E-state index in [2.05, 4.69) is 17.1 Å². The maximum absolute atomic E-state index is 12.1. The molecule has 5 heteroatoms. The van der Waals surface area contributed by atoms with E-state index < -0.39 is 6.10 Å². The van der Waals surface area contributed by atoms with Crippen LogP contribution in [0.3, 0.4) is 0 Å². The number of benzene rings is 1. The maximum atomic E-state index is 12.1. The number of halogens is 1. The minimum absolute atomic E-state index is 0.0827. The fourth-order valence-electron chi connectivity index (χ4n) is 3.25. The molecule has 1 aliphatic rings. The molecule has 1 fully saturated rings. The average Bonchev–Trinajstić information content (AvgIpc) is 2.58. The molecule has 24 heavy (non-hydrogen) atoms. The third-order valence-corrected chi connectivity index (χ3v) is 4.85. The quantitative estimate of drug-likeness (QED) is 0.722. The zero-order valence-electron chi connectivity index (χ0n) is 14.8. The number of nitrogens with zero attached hydrogens (tertiary/aromatic N) is 1. The third-order valence-electron chi connectivity index (χ3n) is 4.62. The largest absolute Gasteiger partial charge is 0.481 e. The molecular weight excluding hydrogens is 324 g/mol. The molecule has 1 N–H and O–H groups in total. The monoisotopic (exact) mass is 352 g/mol. The Morgan fingerprint density at radius 2 is 2.29 bits per heavy atom. The van der Waals surface area contributed by atoms with Crippen LogP contribution in [0.15, 0.2) is 24.3 Å². The Hall–Kier alpha value is -1.26. The van der Waals surface area contributed by atoms with Crippen molar-refractivity contribution in [3.8, 4) is 5.75 Å². The van der Waals surface area contributed by atoms with Gasteiger partial charge >= 0.3 is 0 Å². The Bertz CT molecular complexity index is 524. The summed E-state index contributed by atoms with van der Waals surface area (Å²) in [5.74, 6) is 0.532. The number of nitrogens with one attached hydrogen (secondary N) is 1. The van der Waals surface area contributed by atoms with Crippen molar-refractivity contribution in [1.82, 2.24) is 10.2 Å². The molecule has 1 heterocycles. The summed E-state index contributed by atoms with van der Waals surface area (Å²) in [7, 11) is 0. The van der Waals surface area contributed by atoms with Gasteiger partial charge in [0.05, 0.1) is 0 Å². The minimum Gasteiger partial charge on any atom is -0.481 e. The summed E-state index contributed by atoms with van der Waals surface area (Å²) >= 11 is 5.92. The summed E-state index contributed by atoms with van der Waals surface area (Å²) in [6.07, 6.45) is 5.63. The summed E-state index contributed by atoms with van der Waals surface area (Å²) in [6, 6.07) is 7.83. The molecule has 2 unspecified atom stereocenters. The second-order valence-corrected chi connectivity index (χ2v) is 6.89. The van der Waals surface area contributed by atoms with Gasteiger partial charge in [-0.05, 0) is 57.4 Å². The number of carbonyl (C=O) groups is 1. The summed E-state index contributed by atoms with van der Waals surface area (Å²) in [4.78, 5) is 14.7. The van der Waals surface area contributed by atoms with Gasteiger partial charge in [-0.3, -0.25) is 4.79 Å². The van der Waals surface area contributed by atoms with Gasteiger partial charge in [0.25, 0.3) is 5.91 Å². The highest BCUT2D eigenvalue weighted by Gasteiger charge is 2.20. The van der Waals surface area contributed by atoms with Crippen LogP contribution in [0.5, 0.6) is 5.75 Å². The molecule has 2 rings (SSSR count). The van der Waals surface area contributed by atoms with Gasteiger partial charge in [0.1, 0.15) is 5.75 Å². The van der Waals surface area contributed by atoms with Gasteiger partial charge in [0.2, 0.25) is 0 Å². The number of hydrogen-bond donors (Lipinski definition) is 1. The summed E-state index contributed by atoms with van der Waals surface area (Å²) in [6.45, 7) is 6.96. The molecule has 1 aromatic rings. The number of likely N-dealkylation sites (tertiary alicyclic amines) is 1. The van der Waals surface area contributed by atoms with Crippen molar-refractivity contribution in [1.29, 1.82) is 0 Å². The van der Waals surface area contributed by atoms with Gasteiger partial charge in [-0.25, -0.2) is 0 Å². The molecule has 0 radical (unpaired) electrons. The van der Waals surface area contributed by atoms with Crippen LogP contribution in [0.4, 0.5) is 0 Å². The Labute approximate surface area is 150 Å². The van der Waals surface area contributed by atoms with Crippen LogP contribution >= 0.6 is 11.6 Å². The summed E-state index contributed by atoms with van der Waals surface area (Å²) in [5.41, 5.74) is 0. The molecule has 1 saturated heterocycles. The Kier molecular flexibility index (Phi) is 7.86. The van der Waals surface area contributed by atoms with Crippen LogP contribution in [-0.2, 0) is 4.79 Å². The first-order chi connectivity index (χ1) is 11.6. The molecule has 1 aliphatic heterocycles. The molecule has 0 bridgehead atoms. The number of amides is 1. The smallest absolute Gasteiger partial charge is 0.260 e. The van der Waals surface area contributed by atoms with E-state index >= 15 is 0 Å². The first-order valence-electron chi connectivity index (χ1n) is 9.04. The normalized spacial score (nSPS) is 19.7. The summed E-state index contributed by atoms with van der Waals surface area (Å²) in [5, 5.41) is 3.57. The highest BCUT2D eigenvalue weighted by atomic mass is 35.5. The molecule has 2 atom stereocenters. The van der Waals surface area contributed by atoms with E-state index in [0.717, 1.165) is 19.0 Å². The van der Waals surface area contributed by atoms with Crippen molar-refractivity contribution in [3.63, 3.8) is 0 Å². The maximum Gasteiger partial charge on any atom is 0.260 e. The fourth-order valence-corrected chi connectivity index (χ4v) is 3.43. The van der Waals surface area contributed by atoms with Crippen LogP contribution in [0, 0.1) is 0 Å². The number of carbonyl (C=O) groups excluding carboxylic acids is 1. The third kappa shape index (κ3) is 5.99. The Morgan fingerprint density at radius 3 is 3.04 bits per heavy atom. The van der Waals surface area contributed by atoms with Crippen molar-refractivity contribution >= 4 is 17.5 Å². The lowest BCUT2D eigenvalue weighted by molar-refractivity contribution is -0.127. The topological polar surface area (TPSA) is 41.6 Å². The number of hydrogen-bond acceptors (Lipinski definition) is 3. The van der Waals surface area contributed by atoms with Gasteiger partial charge in [-0.15, -0.1) is 0 Å². The fraction of sp³-hybridized carbons (Fsp3) is 0.632. The predicted octanol–water partition coefficient (Wildman–Crippen LogP) is 3.88. The predicted molar refractivity (Wildman–Crippen MR) is 98.7 cm³/mol. The lowest BCUT2D eigenvalue weighted by atomic mass is 10.00. The van der Waals surface area contributed by atoms with E-state index in [4.69, 9.17) is 16.3 Å². The summed E-state index contributed by atoms with van der Waals surface area (Å²) < 4.78 is 5.63. The molecule has 1 amide bonds. The average molecular weight is 353 g/mol. The van der Waals surface area contributed by atoms with E-state index in [0.29, 0.717) is 17.3 Å². The van der Waals surface area contributed by atoms with Crippen molar-refractivity contribution in [2.24, 2.45) is 0 Å². The van der Waals surface area contributed by atoms with Crippen LogP contribution in [0.25, 0.3) is 0 Å². The number of rotatable bonds is 8. The first-order valence-corrected chi connectivity index (χ1v) is 9.42. The lowest BCUT2D eigenvalue weighted by Crippen LogP contribution is -2.41. The van der Waals surface area contributed by atoms with Crippen LogP contribution < -0.4 is 10.1 Å². The van der Waals surface area contributed by atoms with Gasteiger partial charge < -0.3 is 15.0 Å². The molecule has 0 saturated carbocycles. The Morgan fingerprint density at radius 1 is 1.46 bits per heavy atom. The molecular formula is C19H29ClN2O2. The minimum atomic E-state index is -0.526. The SMILES string of the molecule is CCC1CCCCN1CCCNC(=O)C(C)Oc1cccc(Cl)c1.